The van der Waals surface area contributed by atoms with E-state index in [1.54, 1.807) is 6.07 Å². The first kappa shape index (κ1) is 17.6. The van der Waals surface area contributed by atoms with Gasteiger partial charge in [-0.05, 0) is 46.0 Å². The van der Waals surface area contributed by atoms with E-state index in [9.17, 15) is 9.90 Å². The molecule has 0 saturated carbocycles. The van der Waals surface area contributed by atoms with Gasteiger partial charge in [0.25, 0.3) is 0 Å². The third-order valence-corrected chi connectivity index (χ3v) is 3.74. The molecule has 1 amide bonds. The molecule has 6 nitrogen and oxygen atoms in total. The lowest BCUT2D eigenvalue weighted by Gasteiger charge is -2.35. The molecule has 1 aromatic carbocycles. The Morgan fingerprint density at radius 3 is 2.48 bits per heavy atom. The molecule has 1 aliphatic rings. The predicted molar refractivity (Wildman–Crippen MR) is 91.9 cm³/mol. The molecule has 1 fully saturated rings. The van der Waals surface area contributed by atoms with Crippen LogP contribution in [0.5, 0.6) is 0 Å². The molecule has 0 atom stereocenters. The van der Waals surface area contributed by atoms with Gasteiger partial charge in [0.15, 0.2) is 0 Å². The zero-order valence-corrected chi connectivity index (χ0v) is 14.4. The average molecular weight is 321 g/mol. The Balaban J connectivity index is 2.08. The highest BCUT2D eigenvalue weighted by molar-refractivity contribution is 5.85. The maximum atomic E-state index is 11.8. The minimum Gasteiger partial charge on any atom is -0.444 e. The molecule has 0 aromatic heterocycles. The number of hydrogen-bond donors (Lipinski definition) is 2. The van der Waals surface area contributed by atoms with Crippen molar-refractivity contribution in [1.29, 1.82) is 0 Å². The second-order valence-electron chi connectivity index (χ2n) is 6.92. The number of piperazine rings is 1. The van der Waals surface area contributed by atoms with Crippen LogP contribution in [0.2, 0.25) is 0 Å². The summed E-state index contributed by atoms with van der Waals surface area (Å²) in [4.78, 5) is 16.4. The molecule has 0 spiro atoms. The van der Waals surface area contributed by atoms with Gasteiger partial charge in [-0.25, -0.2) is 4.79 Å². The van der Waals surface area contributed by atoms with Gasteiger partial charge in [0.2, 0.25) is 0 Å². The van der Waals surface area contributed by atoms with Crippen molar-refractivity contribution in [3.8, 4) is 0 Å². The van der Waals surface area contributed by atoms with Gasteiger partial charge in [0.1, 0.15) is 5.60 Å². The number of amides is 1. The summed E-state index contributed by atoms with van der Waals surface area (Å²) in [5.41, 5.74) is 1.92. The van der Waals surface area contributed by atoms with Gasteiger partial charge in [-0.15, -0.1) is 0 Å². The fraction of sp³-hybridized carbons (Fsp3) is 0.588. The molecule has 1 aromatic rings. The highest BCUT2D eigenvalue weighted by atomic mass is 16.6. The van der Waals surface area contributed by atoms with Crippen LogP contribution in [0.1, 0.15) is 26.3 Å². The quantitative estimate of drug-likeness (QED) is 0.894. The van der Waals surface area contributed by atoms with Gasteiger partial charge in [0, 0.05) is 43.1 Å². The van der Waals surface area contributed by atoms with Crippen LogP contribution < -0.4 is 10.2 Å². The summed E-state index contributed by atoms with van der Waals surface area (Å²) in [5, 5.41) is 12.4. The molecule has 23 heavy (non-hydrogen) atoms. The minimum absolute atomic E-state index is 0.0640. The fourth-order valence-electron chi connectivity index (χ4n) is 2.57. The van der Waals surface area contributed by atoms with E-state index in [4.69, 9.17) is 4.74 Å². The Morgan fingerprint density at radius 1 is 1.26 bits per heavy atom. The van der Waals surface area contributed by atoms with Crippen LogP contribution >= 0.6 is 0 Å². The maximum Gasteiger partial charge on any atom is 0.412 e. The Hall–Kier alpha value is -1.79. The number of aliphatic hydroxyl groups excluding tert-OH is 1. The van der Waals surface area contributed by atoms with Crippen LogP contribution in [0, 0.1) is 0 Å². The molecular formula is C17H27N3O3. The molecule has 1 heterocycles. The molecule has 1 aliphatic heterocycles. The van der Waals surface area contributed by atoms with Crippen molar-refractivity contribution in [2.75, 3.05) is 43.4 Å². The first-order valence-electron chi connectivity index (χ1n) is 7.96. The average Bonchev–Trinajstić information content (AvgIpc) is 2.46. The van der Waals surface area contributed by atoms with Gasteiger partial charge >= 0.3 is 6.09 Å². The Morgan fingerprint density at radius 2 is 1.91 bits per heavy atom. The summed E-state index contributed by atoms with van der Waals surface area (Å²) in [7, 11) is 2.11. The SMILES string of the molecule is CN1CCN(c2ccc(NC(=O)OC(C)(C)C)cc2CO)CC1. The third kappa shape index (κ3) is 5.11. The summed E-state index contributed by atoms with van der Waals surface area (Å²) in [6.45, 7) is 9.27. The Labute approximate surface area is 138 Å². The summed E-state index contributed by atoms with van der Waals surface area (Å²) < 4.78 is 5.25. The number of hydrogen-bond acceptors (Lipinski definition) is 5. The van der Waals surface area contributed by atoms with E-state index in [2.05, 4.69) is 22.2 Å². The van der Waals surface area contributed by atoms with Crippen LogP contribution in [-0.2, 0) is 11.3 Å². The van der Waals surface area contributed by atoms with Gasteiger partial charge < -0.3 is 19.6 Å². The van der Waals surface area contributed by atoms with Crippen molar-refractivity contribution in [1.82, 2.24) is 4.90 Å². The largest absolute Gasteiger partial charge is 0.444 e. The molecule has 128 valence electrons. The monoisotopic (exact) mass is 321 g/mol. The van der Waals surface area contributed by atoms with Crippen molar-refractivity contribution in [2.24, 2.45) is 0 Å². The van der Waals surface area contributed by atoms with E-state index in [1.165, 1.54) is 0 Å². The summed E-state index contributed by atoms with van der Waals surface area (Å²) in [6, 6.07) is 5.60. The van der Waals surface area contributed by atoms with E-state index < -0.39 is 11.7 Å². The molecule has 2 rings (SSSR count). The van der Waals surface area contributed by atoms with Crippen LogP contribution in [0.15, 0.2) is 18.2 Å². The van der Waals surface area contributed by atoms with Crippen LogP contribution in [0.3, 0.4) is 0 Å². The minimum atomic E-state index is -0.538. The normalized spacial score (nSPS) is 16.3. The Bertz CT molecular complexity index is 547. The van der Waals surface area contributed by atoms with Crippen molar-refractivity contribution in [3.05, 3.63) is 23.8 Å². The molecule has 0 bridgehead atoms. The van der Waals surface area contributed by atoms with Crippen LogP contribution in [0.4, 0.5) is 16.2 Å². The van der Waals surface area contributed by atoms with Crippen LogP contribution in [0.25, 0.3) is 0 Å². The molecule has 6 heteroatoms. The number of anilines is 2. The lowest BCUT2D eigenvalue weighted by molar-refractivity contribution is 0.0636. The Kier molecular flexibility index (Phi) is 5.49. The zero-order chi connectivity index (χ0) is 17.0. The summed E-state index contributed by atoms with van der Waals surface area (Å²) in [5.74, 6) is 0. The molecular weight excluding hydrogens is 294 g/mol. The van der Waals surface area contributed by atoms with E-state index >= 15 is 0 Å². The number of benzene rings is 1. The van der Waals surface area contributed by atoms with Crippen molar-refractivity contribution in [2.45, 2.75) is 33.0 Å². The van der Waals surface area contributed by atoms with Gasteiger partial charge in [0.05, 0.1) is 6.61 Å². The standard InChI is InChI=1S/C17H27N3O3/c1-17(2,3)23-16(22)18-14-5-6-15(13(11-14)12-21)20-9-7-19(4)8-10-20/h5-6,11,21H,7-10,12H2,1-4H3,(H,18,22). The smallest absolute Gasteiger partial charge is 0.412 e. The highest BCUT2D eigenvalue weighted by Gasteiger charge is 2.19. The van der Waals surface area contributed by atoms with E-state index in [0.29, 0.717) is 5.69 Å². The molecule has 1 saturated heterocycles. The number of rotatable bonds is 3. The second kappa shape index (κ2) is 7.19. The van der Waals surface area contributed by atoms with Crippen molar-refractivity contribution < 1.29 is 14.6 Å². The van der Waals surface area contributed by atoms with Crippen molar-refractivity contribution in [3.63, 3.8) is 0 Å². The topological polar surface area (TPSA) is 65.0 Å². The molecule has 0 radical (unpaired) electrons. The third-order valence-electron chi connectivity index (χ3n) is 3.74. The molecule has 0 aliphatic carbocycles. The molecule has 0 unspecified atom stereocenters. The van der Waals surface area contributed by atoms with E-state index in [1.807, 2.05) is 32.9 Å². The fourth-order valence-corrected chi connectivity index (χ4v) is 2.57. The maximum absolute atomic E-state index is 11.8. The lowest BCUT2D eigenvalue weighted by atomic mass is 10.1. The first-order valence-corrected chi connectivity index (χ1v) is 7.96. The van der Waals surface area contributed by atoms with Gasteiger partial charge in [-0.2, -0.15) is 0 Å². The van der Waals surface area contributed by atoms with Gasteiger partial charge in [-0.1, -0.05) is 0 Å². The summed E-state index contributed by atoms with van der Waals surface area (Å²) >= 11 is 0. The van der Waals surface area contributed by atoms with E-state index in [0.717, 1.165) is 37.4 Å². The molecule has 2 N–H and O–H groups in total. The second-order valence-corrected chi connectivity index (χ2v) is 6.92. The first-order chi connectivity index (χ1) is 10.8. The highest BCUT2D eigenvalue weighted by Crippen LogP contribution is 2.26. The van der Waals surface area contributed by atoms with Crippen molar-refractivity contribution >= 4 is 17.5 Å². The predicted octanol–water partition coefficient (Wildman–Crippen LogP) is 2.28. The number of nitrogens with zero attached hydrogens (tertiary/aromatic N) is 2. The number of aliphatic hydroxyl groups is 1. The van der Waals surface area contributed by atoms with Crippen LogP contribution in [-0.4, -0.2) is 54.9 Å². The van der Waals surface area contributed by atoms with Gasteiger partial charge in [-0.3, -0.25) is 5.32 Å². The summed E-state index contributed by atoms with van der Waals surface area (Å²) in [6.07, 6.45) is -0.492. The lowest BCUT2D eigenvalue weighted by Crippen LogP contribution is -2.44. The number of ether oxygens (including phenoxy) is 1. The van der Waals surface area contributed by atoms with E-state index in [-0.39, 0.29) is 6.61 Å². The number of carbonyl (C=O) groups excluding carboxylic acids is 1. The number of nitrogens with one attached hydrogen (secondary N) is 1. The number of likely N-dealkylation sites (N-methyl/N-ethyl adjacent to an activating group) is 1. The number of carbonyl (C=O) groups is 1. The zero-order valence-electron chi connectivity index (χ0n) is 14.4.